The van der Waals surface area contributed by atoms with Crippen molar-refractivity contribution in [2.45, 2.75) is 12.8 Å². The third-order valence-corrected chi connectivity index (χ3v) is 3.89. The van der Waals surface area contributed by atoms with E-state index in [0.717, 1.165) is 12.8 Å². The summed E-state index contributed by atoms with van der Waals surface area (Å²) in [6.45, 7) is 0.167. The monoisotopic (exact) mass is 375 g/mol. The fraction of sp³-hybridized carbons (Fsp3) is 0.385. The van der Waals surface area contributed by atoms with Gasteiger partial charge in [-0.05, 0) is 59.5 Å². The number of halogens is 1. The van der Waals surface area contributed by atoms with Gasteiger partial charge in [0.1, 0.15) is 12.3 Å². The van der Waals surface area contributed by atoms with Gasteiger partial charge >= 0.3 is 5.97 Å². The highest BCUT2D eigenvalue weighted by atomic mass is 127. The molecule has 0 spiro atoms. The zero-order valence-corrected chi connectivity index (χ0v) is 12.3. The number of aromatic hydroxyl groups is 1. The quantitative estimate of drug-likeness (QED) is 0.772. The fourth-order valence-corrected chi connectivity index (χ4v) is 2.16. The lowest BCUT2D eigenvalue weighted by Crippen LogP contribution is -2.37. The topological polar surface area (TPSA) is 77.8 Å². The average molecular weight is 375 g/mol. The predicted molar refractivity (Wildman–Crippen MR) is 77.1 cm³/mol. The van der Waals surface area contributed by atoms with E-state index in [-0.39, 0.29) is 18.2 Å². The van der Waals surface area contributed by atoms with Gasteiger partial charge in [-0.2, -0.15) is 0 Å². The number of nitrogens with zero attached hydrogens (tertiary/aromatic N) is 1. The number of benzene rings is 1. The van der Waals surface area contributed by atoms with Gasteiger partial charge in [-0.1, -0.05) is 0 Å². The van der Waals surface area contributed by atoms with Crippen LogP contribution in [0.25, 0.3) is 0 Å². The lowest BCUT2D eigenvalue weighted by molar-refractivity contribution is -0.137. The number of rotatable bonds is 5. The summed E-state index contributed by atoms with van der Waals surface area (Å²) in [6.07, 6.45) is 2.09. The average Bonchev–Trinajstić information content (AvgIpc) is 3.14. The van der Waals surface area contributed by atoms with Crippen LogP contribution in [0.1, 0.15) is 23.2 Å². The van der Waals surface area contributed by atoms with E-state index in [0.29, 0.717) is 21.6 Å². The standard InChI is InChI=1S/C13H14INO4/c14-10-4-3-9(5-11(10)16)13(19)15(7-12(17)18)6-8-1-2-8/h3-5,8,16H,1-2,6-7H2,(H,17,18). The summed E-state index contributed by atoms with van der Waals surface area (Å²) in [7, 11) is 0. The smallest absolute Gasteiger partial charge is 0.323 e. The zero-order chi connectivity index (χ0) is 14.0. The highest BCUT2D eigenvalue weighted by Gasteiger charge is 2.28. The van der Waals surface area contributed by atoms with Crippen molar-refractivity contribution >= 4 is 34.5 Å². The lowest BCUT2D eigenvalue weighted by Gasteiger charge is -2.20. The van der Waals surface area contributed by atoms with Crippen LogP contribution in [0.2, 0.25) is 0 Å². The van der Waals surface area contributed by atoms with Gasteiger partial charge in [0.05, 0.1) is 3.57 Å². The lowest BCUT2D eigenvalue weighted by atomic mass is 10.2. The second-order valence-corrected chi connectivity index (χ2v) is 5.85. The van der Waals surface area contributed by atoms with E-state index < -0.39 is 5.97 Å². The molecule has 0 radical (unpaired) electrons. The molecule has 1 amide bonds. The number of hydrogen-bond acceptors (Lipinski definition) is 3. The molecule has 2 rings (SSSR count). The minimum Gasteiger partial charge on any atom is -0.507 e. The first kappa shape index (κ1) is 14.1. The van der Waals surface area contributed by atoms with Crippen molar-refractivity contribution in [2.24, 2.45) is 5.92 Å². The van der Waals surface area contributed by atoms with Gasteiger partial charge in [0, 0.05) is 12.1 Å². The minimum absolute atomic E-state index is 0.0353. The van der Waals surface area contributed by atoms with Crippen LogP contribution in [0, 0.1) is 9.49 Å². The highest BCUT2D eigenvalue weighted by Crippen LogP contribution is 2.30. The molecular weight excluding hydrogens is 361 g/mol. The Bertz CT molecular complexity index is 513. The van der Waals surface area contributed by atoms with Crippen LogP contribution in [0.5, 0.6) is 5.75 Å². The normalized spacial score (nSPS) is 14.2. The molecule has 0 atom stereocenters. The Morgan fingerprint density at radius 3 is 2.58 bits per heavy atom. The summed E-state index contributed by atoms with van der Waals surface area (Å²) in [6, 6.07) is 4.62. The Hall–Kier alpha value is -1.31. The maximum Gasteiger partial charge on any atom is 0.323 e. The van der Waals surface area contributed by atoms with Crippen molar-refractivity contribution in [1.82, 2.24) is 4.90 Å². The summed E-state index contributed by atoms with van der Waals surface area (Å²) < 4.78 is 0.654. The van der Waals surface area contributed by atoms with Crippen LogP contribution in [-0.4, -0.2) is 40.1 Å². The predicted octanol–water partition coefficient (Wildman–Crippen LogP) is 1.93. The largest absolute Gasteiger partial charge is 0.507 e. The van der Waals surface area contributed by atoms with Crippen molar-refractivity contribution in [2.75, 3.05) is 13.1 Å². The number of carbonyl (C=O) groups is 2. The molecular formula is C13H14INO4. The van der Waals surface area contributed by atoms with Crippen LogP contribution < -0.4 is 0 Å². The number of aliphatic carboxylic acids is 1. The van der Waals surface area contributed by atoms with Crippen LogP contribution >= 0.6 is 22.6 Å². The van der Waals surface area contributed by atoms with Gasteiger partial charge in [-0.25, -0.2) is 0 Å². The van der Waals surface area contributed by atoms with E-state index in [2.05, 4.69) is 0 Å². The molecule has 0 saturated heterocycles. The highest BCUT2D eigenvalue weighted by molar-refractivity contribution is 14.1. The van der Waals surface area contributed by atoms with Gasteiger partial charge in [-0.15, -0.1) is 0 Å². The molecule has 1 aliphatic carbocycles. The van der Waals surface area contributed by atoms with Crippen molar-refractivity contribution in [1.29, 1.82) is 0 Å². The molecule has 2 N–H and O–H groups in total. The maximum atomic E-state index is 12.3. The number of carboxylic acids is 1. The Balaban J connectivity index is 2.16. The summed E-state index contributed by atoms with van der Waals surface area (Å²) in [4.78, 5) is 24.4. The third kappa shape index (κ3) is 3.82. The maximum absolute atomic E-state index is 12.3. The van der Waals surface area contributed by atoms with Gasteiger partial charge < -0.3 is 15.1 Å². The second kappa shape index (κ2) is 5.77. The number of carbonyl (C=O) groups excluding carboxylic acids is 1. The van der Waals surface area contributed by atoms with Crippen molar-refractivity contribution < 1.29 is 19.8 Å². The number of carboxylic acid groups (broad SMARTS) is 1. The van der Waals surface area contributed by atoms with Gasteiger partial charge in [0.15, 0.2) is 0 Å². The molecule has 5 nitrogen and oxygen atoms in total. The molecule has 0 heterocycles. The van der Waals surface area contributed by atoms with Crippen LogP contribution in [-0.2, 0) is 4.79 Å². The van der Waals surface area contributed by atoms with Gasteiger partial charge in [0.25, 0.3) is 5.91 Å². The van der Waals surface area contributed by atoms with Crippen LogP contribution in [0.15, 0.2) is 18.2 Å². The number of hydrogen-bond donors (Lipinski definition) is 2. The molecule has 1 fully saturated rings. The third-order valence-electron chi connectivity index (χ3n) is 2.98. The molecule has 1 saturated carbocycles. The SMILES string of the molecule is O=C(O)CN(CC1CC1)C(=O)c1ccc(I)c(O)c1. The van der Waals surface area contributed by atoms with Crippen LogP contribution in [0.3, 0.4) is 0 Å². The number of phenols is 1. The summed E-state index contributed by atoms with van der Waals surface area (Å²) in [5.74, 6) is -0.918. The van der Waals surface area contributed by atoms with Crippen molar-refractivity contribution in [3.8, 4) is 5.75 Å². The molecule has 19 heavy (non-hydrogen) atoms. The summed E-state index contributed by atoms with van der Waals surface area (Å²) >= 11 is 1.96. The molecule has 1 aromatic carbocycles. The van der Waals surface area contributed by atoms with Gasteiger partial charge in [0.2, 0.25) is 0 Å². The summed E-state index contributed by atoms with van der Waals surface area (Å²) in [5.41, 5.74) is 0.319. The van der Waals surface area contributed by atoms with Crippen molar-refractivity contribution in [3.05, 3.63) is 27.3 Å². The fourth-order valence-electron chi connectivity index (χ4n) is 1.82. The number of phenolic OH excluding ortho intramolecular Hbond substituents is 1. The second-order valence-electron chi connectivity index (χ2n) is 4.69. The Morgan fingerprint density at radius 1 is 1.37 bits per heavy atom. The zero-order valence-electron chi connectivity index (χ0n) is 10.2. The van der Waals surface area contributed by atoms with E-state index in [4.69, 9.17) is 5.11 Å². The molecule has 0 aromatic heterocycles. The Labute approximate surface area is 124 Å². The molecule has 1 aromatic rings. The Kier molecular flexibility index (Phi) is 4.28. The first-order valence-corrected chi connectivity index (χ1v) is 7.05. The van der Waals surface area contributed by atoms with Gasteiger partial charge in [-0.3, -0.25) is 9.59 Å². The van der Waals surface area contributed by atoms with Crippen LogP contribution in [0.4, 0.5) is 0 Å². The summed E-state index contributed by atoms with van der Waals surface area (Å²) in [5, 5.41) is 18.5. The van der Waals surface area contributed by atoms with E-state index in [1.807, 2.05) is 22.6 Å². The Morgan fingerprint density at radius 2 is 2.05 bits per heavy atom. The first-order chi connectivity index (χ1) is 8.97. The molecule has 6 heteroatoms. The molecule has 0 bridgehead atoms. The number of amides is 1. The minimum atomic E-state index is -1.02. The molecule has 0 unspecified atom stereocenters. The van der Waals surface area contributed by atoms with E-state index in [1.54, 1.807) is 12.1 Å². The van der Waals surface area contributed by atoms with E-state index in [9.17, 15) is 14.7 Å². The molecule has 102 valence electrons. The van der Waals surface area contributed by atoms with Crippen molar-refractivity contribution in [3.63, 3.8) is 0 Å². The first-order valence-electron chi connectivity index (χ1n) is 5.97. The molecule has 1 aliphatic rings. The van der Waals surface area contributed by atoms with E-state index >= 15 is 0 Å². The molecule has 0 aliphatic heterocycles. The van der Waals surface area contributed by atoms with E-state index in [1.165, 1.54) is 11.0 Å².